The predicted octanol–water partition coefficient (Wildman–Crippen LogP) is 5.11. The average Bonchev–Trinajstić information content (AvgIpc) is 2.40. The smallest absolute Gasteiger partial charge is 0.353 e. The van der Waals surface area contributed by atoms with Crippen LogP contribution >= 0.6 is 11.6 Å². The van der Waals surface area contributed by atoms with Gasteiger partial charge >= 0.3 is 6.18 Å². The van der Waals surface area contributed by atoms with Crippen LogP contribution in [-0.4, -0.2) is 0 Å². The summed E-state index contributed by atoms with van der Waals surface area (Å²) in [5.74, 6) is -0.830. The molecule has 2 aromatic rings. The van der Waals surface area contributed by atoms with Crippen molar-refractivity contribution in [3.63, 3.8) is 0 Å². The molecular weight excluding hydrogens is 308 g/mol. The van der Waals surface area contributed by atoms with E-state index in [0.717, 1.165) is 6.07 Å². The topological polar surface area (TPSA) is 35.8 Å². The molecule has 0 aliphatic rings. The molecule has 1 N–H and O–H groups in total. The monoisotopic (exact) mass is 314 g/mol. The van der Waals surface area contributed by atoms with Crippen molar-refractivity contribution >= 4 is 23.0 Å². The molecule has 7 heteroatoms. The van der Waals surface area contributed by atoms with E-state index in [9.17, 15) is 17.6 Å². The zero-order valence-electron chi connectivity index (χ0n) is 10.3. The van der Waals surface area contributed by atoms with E-state index < -0.39 is 17.6 Å². The summed E-state index contributed by atoms with van der Waals surface area (Å²) in [6.07, 6.45) is -4.56. The van der Waals surface area contributed by atoms with Gasteiger partial charge in [-0.3, -0.25) is 0 Å². The second-order valence-electron chi connectivity index (χ2n) is 4.12. The molecule has 0 aromatic heterocycles. The summed E-state index contributed by atoms with van der Waals surface area (Å²) in [4.78, 5) is 0. The molecule has 0 bridgehead atoms. The fourth-order valence-corrected chi connectivity index (χ4v) is 1.86. The van der Waals surface area contributed by atoms with Gasteiger partial charge in [-0.05, 0) is 36.4 Å². The van der Waals surface area contributed by atoms with Gasteiger partial charge in [0.15, 0.2) is 0 Å². The van der Waals surface area contributed by atoms with Crippen LogP contribution in [0.15, 0.2) is 36.4 Å². The number of nitriles is 1. The highest BCUT2D eigenvalue weighted by atomic mass is 35.5. The summed E-state index contributed by atoms with van der Waals surface area (Å²) in [7, 11) is 0. The molecule has 0 fully saturated rings. The Hall–Kier alpha value is -2.26. The molecular formula is C14H7ClF4N2. The Morgan fingerprint density at radius 3 is 2.38 bits per heavy atom. The maximum atomic E-state index is 13.6. The van der Waals surface area contributed by atoms with Crippen LogP contribution in [0.3, 0.4) is 0 Å². The largest absolute Gasteiger partial charge is 0.416 e. The van der Waals surface area contributed by atoms with Crippen LogP contribution in [0.2, 0.25) is 5.02 Å². The number of halogens is 5. The van der Waals surface area contributed by atoms with E-state index in [4.69, 9.17) is 16.9 Å². The third-order valence-electron chi connectivity index (χ3n) is 2.66. The van der Waals surface area contributed by atoms with E-state index in [-0.39, 0.29) is 22.0 Å². The summed E-state index contributed by atoms with van der Waals surface area (Å²) in [5, 5.41) is 11.4. The Morgan fingerprint density at radius 1 is 1.10 bits per heavy atom. The SMILES string of the molecule is N#Cc1ccc(Nc2cc(C(F)(F)F)ccc2F)cc1Cl. The van der Waals surface area contributed by atoms with Gasteiger partial charge in [0, 0.05) is 5.69 Å². The standard InChI is InChI=1S/C14H7ClF4N2/c15-11-6-10(3-1-8(11)7-20)21-13-5-9(14(17,18)19)2-4-12(13)16/h1-6,21H. The Labute approximate surface area is 122 Å². The van der Waals surface area contributed by atoms with E-state index >= 15 is 0 Å². The first-order chi connectivity index (χ1) is 9.81. The predicted molar refractivity (Wildman–Crippen MR) is 70.9 cm³/mol. The summed E-state index contributed by atoms with van der Waals surface area (Å²) in [6, 6.07) is 8.04. The van der Waals surface area contributed by atoms with Crippen molar-refractivity contribution in [2.24, 2.45) is 0 Å². The van der Waals surface area contributed by atoms with Gasteiger partial charge in [0.25, 0.3) is 0 Å². The Bertz CT molecular complexity index is 720. The zero-order chi connectivity index (χ0) is 15.6. The fourth-order valence-electron chi connectivity index (χ4n) is 1.64. The Kier molecular flexibility index (Phi) is 4.05. The van der Waals surface area contributed by atoms with Gasteiger partial charge in [0.1, 0.15) is 11.9 Å². The van der Waals surface area contributed by atoms with Gasteiger partial charge in [-0.2, -0.15) is 18.4 Å². The van der Waals surface area contributed by atoms with Crippen molar-refractivity contribution in [1.82, 2.24) is 0 Å². The normalized spacial score (nSPS) is 11.0. The third kappa shape index (κ3) is 3.44. The molecule has 0 saturated carbocycles. The summed E-state index contributed by atoms with van der Waals surface area (Å²) in [5.41, 5.74) is -0.805. The molecule has 0 radical (unpaired) electrons. The van der Waals surface area contributed by atoms with Crippen molar-refractivity contribution in [3.8, 4) is 6.07 Å². The van der Waals surface area contributed by atoms with Crippen LogP contribution in [0.25, 0.3) is 0 Å². The first-order valence-corrected chi connectivity index (χ1v) is 6.02. The molecule has 0 heterocycles. The second kappa shape index (κ2) is 5.62. The number of hydrogen-bond donors (Lipinski definition) is 1. The molecule has 0 amide bonds. The summed E-state index contributed by atoms with van der Waals surface area (Å²) in [6.45, 7) is 0. The van der Waals surface area contributed by atoms with Crippen LogP contribution in [0.5, 0.6) is 0 Å². The van der Waals surface area contributed by atoms with Crippen LogP contribution < -0.4 is 5.32 Å². The van der Waals surface area contributed by atoms with E-state index in [1.807, 2.05) is 6.07 Å². The highest BCUT2D eigenvalue weighted by molar-refractivity contribution is 6.32. The second-order valence-corrected chi connectivity index (χ2v) is 4.53. The lowest BCUT2D eigenvalue weighted by atomic mass is 10.1. The van der Waals surface area contributed by atoms with Gasteiger partial charge in [-0.15, -0.1) is 0 Å². The zero-order valence-corrected chi connectivity index (χ0v) is 11.1. The lowest BCUT2D eigenvalue weighted by Crippen LogP contribution is -2.06. The van der Waals surface area contributed by atoms with E-state index in [1.165, 1.54) is 18.2 Å². The molecule has 21 heavy (non-hydrogen) atoms. The maximum Gasteiger partial charge on any atom is 0.416 e. The minimum absolute atomic E-state index is 0.120. The van der Waals surface area contributed by atoms with Crippen LogP contribution in [0.4, 0.5) is 28.9 Å². The summed E-state index contributed by atoms with van der Waals surface area (Å²) < 4.78 is 51.4. The van der Waals surface area contributed by atoms with Crippen LogP contribution in [-0.2, 0) is 6.18 Å². The first-order valence-electron chi connectivity index (χ1n) is 5.64. The van der Waals surface area contributed by atoms with E-state index in [2.05, 4.69) is 5.32 Å². The van der Waals surface area contributed by atoms with Gasteiger partial charge < -0.3 is 5.32 Å². The van der Waals surface area contributed by atoms with Crippen molar-refractivity contribution in [2.45, 2.75) is 6.18 Å². The number of anilines is 2. The molecule has 0 spiro atoms. The van der Waals surface area contributed by atoms with Gasteiger partial charge in [0.05, 0.1) is 21.8 Å². The Balaban J connectivity index is 2.35. The number of nitrogens with zero attached hydrogens (tertiary/aromatic N) is 1. The maximum absolute atomic E-state index is 13.6. The molecule has 2 nitrogen and oxygen atoms in total. The molecule has 0 aliphatic carbocycles. The highest BCUT2D eigenvalue weighted by Crippen LogP contribution is 2.33. The van der Waals surface area contributed by atoms with Gasteiger partial charge in [-0.25, -0.2) is 4.39 Å². The number of alkyl halides is 3. The molecule has 108 valence electrons. The lowest BCUT2D eigenvalue weighted by Gasteiger charge is -2.12. The molecule has 2 aromatic carbocycles. The molecule has 0 unspecified atom stereocenters. The number of hydrogen-bond acceptors (Lipinski definition) is 2. The van der Waals surface area contributed by atoms with E-state index in [1.54, 1.807) is 0 Å². The average molecular weight is 315 g/mol. The Morgan fingerprint density at radius 2 is 1.81 bits per heavy atom. The number of benzene rings is 2. The quantitative estimate of drug-likeness (QED) is 0.782. The molecule has 0 aliphatic heterocycles. The minimum atomic E-state index is -4.56. The first kappa shape index (κ1) is 15.1. The van der Waals surface area contributed by atoms with Crippen molar-refractivity contribution in [1.29, 1.82) is 5.26 Å². The van der Waals surface area contributed by atoms with Crippen LogP contribution in [0, 0.1) is 17.1 Å². The van der Waals surface area contributed by atoms with Crippen molar-refractivity contribution < 1.29 is 17.6 Å². The van der Waals surface area contributed by atoms with Crippen molar-refractivity contribution in [2.75, 3.05) is 5.32 Å². The minimum Gasteiger partial charge on any atom is -0.353 e. The fraction of sp³-hybridized carbons (Fsp3) is 0.0714. The third-order valence-corrected chi connectivity index (χ3v) is 2.97. The molecule has 0 atom stereocenters. The molecule has 0 saturated heterocycles. The lowest BCUT2D eigenvalue weighted by molar-refractivity contribution is -0.137. The van der Waals surface area contributed by atoms with Crippen molar-refractivity contribution in [3.05, 3.63) is 58.4 Å². The summed E-state index contributed by atoms with van der Waals surface area (Å²) >= 11 is 5.80. The number of nitrogens with one attached hydrogen (secondary N) is 1. The van der Waals surface area contributed by atoms with E-state index in [0.29, 0.717) is 12.1 Å². The molecule has 2 rings (SSSR count). The van der Waals surface area contributed by atoms with Gasteiger partial charge in [-0.1, -0.05) is 11.6 Å². The van der Waals surface area contributed by atoms with Crippen LogP contribution in [0.1, 0.15) is 11.1 Å². The highest BCUT2D eigenvalue weighted by Gasteiger charge is 2.31. The number of rotatable bonds is 2. The van der Waals surface area contributed by atoms with Gasteiger partial charge in [0.2, 0.25) is 0 Å².